The van der Waals surface area contributed by atoms with Crippen LogP contribution in [0.5, 0.6) is 0 Å². The largest absolute Gasteiger partial charge is 0.465 e. The number of carbonyl (C=O) groups excluding carboxylic acids is 1. The Labute approximate surface area is 72.8 Å². The van der Waals surface area contributed by atoms with Crippen molar-refractivity contribution in [3.8, 4) is 0 Å². The minimum absolute atomic E-state index is 0.257. The van der Waals surface area contributed by atoms with E-state index in [0.29, 0.717) is 5.56 Å². The van der Waals surface area contributed by atoms with Crippen molar-refractivity contribution >= 4 is 18.7 Å². The molecule has 1 aromatic carbocycles. The first-order valence-corrected chi connectivity index (χ1v) is 3.95. The average molecular weight is 162 g/mol. The summed E-state index contributed by atoms with van der Waals surface area (Å²) in [6.07, 6.45) is 0. The number of carbonyl (C=O) groups is 1. The Kier molecular flexibility index (Phi) is 2.91. The van der Waals surface area contributed by atoms with Gasteiger partial charge in [-0.05, 0) is 6.07 Å². The van der Waals surface area contributed by atoms with Crippen LogP contribution < -0.4 is 5.46 Å². The monoisotopic (exact) mass is 162 g/mol. The van der Waals surface area contributed by atoms with Gasteiger partial charge in [-0.3, -0.25) is 0 Å². The van der Waals surface area contributed by atoms with Crippen LogP contribution in [0.15, 0.2) is 24.3 Å². The van der Waals surface area contributed by atoms with Gasteiger partial charge in [0.25, 0.3) is 0 Å². The van der Waals surface area contributed by atoms with Crippen molar-refractivity contribution in [2.45, 2.75) is 6.82 Å². The van der Waals surface area contributed by atoms with Crippen molar-refractivity contribution in [3.05, 3.63) is 29.8 Å². The van der Waals surface area contributed by atoms with Gasteiger partial charge in [0.15, 0.2) is 7.28 Å². The zero-order chi connectivity index (χ0) is 8.97. The zero-order valence-electron chi connectivity index (χ0n) is 7.33. The summed E-state index contributed by atoms with van der Waals surface area (Å²) in [5, 5.41) is 0. The Morgan fingerprint density at radius 2 is 2.08 bits per heavy atom. The Balaban J connectivity index is 3.04. The summed E-state index contributed by atoms with van der Waals surface area (Å²) >= 11 is 0. The molecule has 0 saturated heterocycles. The third-order valence-electron chi connectivity index (χ3n) is 1.80. The van der Waals surface area contributed by atoms with E-state index in [4.69, 9.17) is 0 Å². The summed E-state index contributed by atoms with van der Waals surface area (Å²) in [7, 11) is 2.25. The molecule has 62 valence electrons. The smallest absolute Gasteiger partial charge is 0.337 e. The Hall–Kier alpha value is -1.25. The van der Waals surface area contributed by atoms with Crippen LogP contribution in [0.2, 0.25) is 6.82 Å². The molecule has 1 rings (SSSR count). The van der Waals surface area contributed by atoms with Gasteiger partial charge in [0.2, 0.25) is 0 Å². The van der Waals surface area contributed by atoms with Crippen LogP contribution in [0.1, 0.15) is 10.4 Å². The van der Waals surface area contributed by atoms with Crippen molar-refractivity contribution in [3.63, 3.8) is 0 Å². The molecule has 1 aromatic rings. The first-order valence-electron chi connectivity index (χ1n) is 3.95. The van der Waals surface area contributed by atoms with E-state index in [1.807, 2.05) is 25.0 Å². The summed E-state index contributed by atoms with van der Waals surface area (Å²) in [6, 6.07) is 7.48. The van der Waals surface area contributed by atoms with Crippen LogP contribution in [0.25, 0.3) is 0 Å². The highest BCUT2D eigenvalue weighted by atomic mass is 16.5. The van der Waals surface area contributed by atoms with Crippen LogP contribution >= 0.6 is 0 Å². The molecule has 0 amide bonds. The van der Waals surface area contributed by atoms with E-state index in [-0.39, 0.29) is 5.97 Å². The minimum Gasteiger partial charge on any atom is -0.465 e. The maximum absolute atomic E-state index is 11.2. The molecule has 0 fully saturated rings. The van der Waals surface area contributed by atoms with Gasteiger partial charge in [-0.2, -0.15) is 0 Å². The Bertz CT molecular complexity index is 284. The maximum atomic E-state index is 11.2. The third-order valence-corrected chi connectivity index (χ3v) is 1.80. The standard InChI is InChI=1S/C9H11BO2/c1-10-8-6-4-3-5-7(8)9(11)12-2/h3-6,10H,1-2H3. The minimum atomic E-state index is -0.257. The Morgan fingerprint density at radius 3 is 2.67 bits per heavy atom. The average Bonchev–Trinajstić information content (AvgIpc) is 2.16. The molecule has 0 heterocycles. The molecule has 0 aliphatic heterocycles. The predicted octanol–water partition coefficient (Wildman–Crippen LogP) is 0.583. The van der Waals surface area contributed by atoms with Gasteiger partial charge in [0.05, 0.1) is 12.7 Å². The lowest BCUT2D eigenvalue weighted by Crippen LogP contribution is -2.21. The second kappa shape index (κ2) is 3.95. The molecular weight excluding hydrogens is 151 g/mol. The SMILES string of the molecule is CBc1ccccc1C(=O)OC. The lowest BCUT2D eigenvalue weighted by Gasteiger charge is -2.03. The molecule has 0 aliphatic rings. The highest BCUT2D eigenvalue weighted by Gasteiger charge is 2.08. The van der Waals surface area contributed by atoms with Crippen LogP contribution in [0, 0.1) is 0 Å². The van der Waals surface area contributed by atoms with Gasteiger partial charge >= 0.3 is 5.97 Å². The fourth-order valence-corrected chi connectivity index (χ4v) is 1.14. The molecular formula is C9H11BO2. The molecule has 2 nitrogen and oxygen atoms in total. The number of ether oxygens (including phenoxy) is 1. The normalized spacial score (nSPS) is 9.17. The summed E-state index contributed by atoms with van der Waals surface area (Å²) in [4.78, 5) is 11.2. The summed E-state index contributed by atoms with van der Waals surface area (Å²) in [5.41, 5.74) is 1.70. The van der Waals surface area contributed by atoms with E-state index in [9.17, 15) is 4.79 Å². The molecule has 0 atom stereocenters. The quantitative estimate of drug-likeness (QED) is 0.469. The van der Waals surface area contributed by atoms with Gasteiger partial charge in [-0.25, -0.2) is 4.79 Å². The van der Waals surface area contributed by atoms with Crippen molar-refractivity contribution < 1.29 is 9.53 Å². The van der Waals surface area contributed by atoms with E-state index >= 15 is 0 Å². The molecule has 12 heavy (non-hydrogen) atoms. The molecule has 0 aliphatic carbocycles. The lowest BCUT2D eigenvalue weighted by atomic mass is 9.71. The molecule has 0 bridgehead atoms. The van der Waals surface area contributed by atoms with Crippen LogP contribution in [-0.2, 0) is 4.74 Å². The van der Waals surface area contributed by atoms with E-state index in [2.05, 4.69) is 4.74 Å². The first-order chi connectivity index (χ1) is 5.79. The molecule has 0 spiro atoms. The number of hydrogen-bond donors (Lipinski definition) is 0. The molecule has 3 heteroatoms. The van der Waals surface area contributed by atoms with Crippen molar-refractivity contribution in [2.24, 2.45) is 0 Å². The summed E-state index contributed by atoms with van der Waals surface area (Å²) in [6.45, 7) is 2.02. The second-order valence-corrected chi connectivity index (χ2v) is 2.50. The molecule has 0 unspecified atom stereocenters. The molecule has 0 saturated carbocycles. The fourth-order valence-electron chi connectivity index (χ4n) is 1.14. The van der Waals surface area contributed by atoms with Crippen LogP contribution in [-0.4, -0.2) is 20.4 Å². The van der Waals surface area contributed by atoms with E-state index in [1.165, 1.54) is 7.11 Å². The second-order valence-electron chi connectivity index (χ2n) is 2.50. The summed E-state index contributed by atoms with van der Waals surface area (Å²) < 4.78 is 4.64. The number of esters is 1. The highest BCUT2D eigenvalue weighted by molar-refractivity contribution is 6.53. The topological polar surface area (TPSA) is 26.3 Å². The number of methoxy groups -OCH3 is 1. The van der Waals surface area contributed by atoms with Gasteiger partial charge in [-0.1, -0.05) is 30.5 Å². The van der Waals surface area contributed by atoms with Gasteiger partial charge in [0.1, 0.15) is 0 Å². The van der Waals surface area contributed by atoms with Crippen LogP contribution in [0.3, 0.4) is 0 Å². The fraction of sp³-hybridized carbons (Fsp3) is 0.222. The predicted molar refractivity (Wildman–Crippen MR) is 50.4 cm³/mol. The van der Waals surface area contributed by atoms with Gasteiger partial charge in [0, 0.05) is 0 Å². The number of rotatable bonds is 2. The highest BCUT2D eigenvalue weighted by Crippen LogP contribution is 1.97. The lowest BCUT2D eigenvalue weighted by molar-refractivity contribution is 0.0602. The van der Waals surface area contributed by atoms with Crippen molar-refractivity contribution in [1.29, 1.82) is 0 Å². The maximum Gasteiger partial charge on any atom is 0.337 e. The first kappa shape index (κ1) is 8.85. The van der Waals surface area contributed by atoms with E-state index in [1.54, 1.807) is 6.07 Å². The van der Waals surface area contributed by atoms with E-state index < -0.39 is 0 Å². The summed E-state index contributed by atoms with van der Waals surface area (Å²) in [5.74, 6) is -0.257. The third kappa shape index (κ3) is 1.67. The Morgan fingerprint density at radius 1 is 1.42 bits per heavy atom. The molecule has 0 radical (unpaired) electrons. The zero-order valence-corrected chi connectivity index (χ0v) is 7.33. The van der Waals surface area contributed by atoms with Crippen molar-refractivity contribution in [1.82, 2.24) is 0 Å². The van der Waals surface area contributed by atoms with Gasteiger partial charge < -0.3 is 4.74 Å². The van der Waals surface area contributed by atoms with Gasteiger partial charge in [-0.15, -0.1) is 0 Å². The van der Waals surface area contributed by atoms with Crippen LogP contribution in [0.4, 0.5) is 0 Å². The molecule has 0 aromatic heterocycles. The van der Waals surface area contributed by atoms with Crippen molar-refractivity contribution in [2.75, 3.05) is 7.11 Å². The number of hydrogen-bond acceptors (Lipinski definition) is 2. The molecule has 0 N–H and O–H groups in total. The van der Waals surface area contributed by atoms with E-state index in [0.717, 1.165) is 12.7 Å². The number of benzene rings is 1.